The van der Waals surface area contributed by atoms with Crippen molar-refractivity contribution < 1.29 is 45.4 Å². The summed E-state index contributed by atoms with van der Waals surface area (Å²) in [5, 5.41) is 10.6. The molecule has 0 aliphatic heterocycles. The number of benzene rings is 3. The average molecular weight is 579 g/mol. The summed E-state index contributed by atoms with van der Waals surface area (Å²) in [4.78, 5) is 32.4. The highest BCUT2D eigenvalue weighted by atomic mass is 19.4. The van der Waals surface area contributed by atoms with E-state index < -0.39 is 53.6 Å². The van der Waals surface area contributed by atoms with Crippen LogP contribution in [-0.4, -0.2) is 39.0 Å². The number of rotatable bonds is 9. The lowest BCUT2D eigenvalue weighted by Crippen LogP contribution is -2.38. The number of nitrogens with one attached hydrogen (secondary N) is 1. The number of nitrogens with zero attached hydrogens (tertiary/aromatic N) is 2. The van der Waals surface area contributed by atoms with Crippen LogP contribution < -0.4 is 5.32 Å². The van der Waals surface area contributed by atoms with Gasteiger partial charge in [-0.3, -0.25) is 4.79 Å². The lowest BCUT2D eigenvalue weighted by atomic mass is 10.0. The maximum atomic E-state index is 13.7. The normalized spacial score (nSPS) is 12.8. The van der Waals surface area contributed by atoms with Crippen LogP contribution >= 0.6 is 0 Å². The Labute approximate surface area is 227 Å². The van der Waals surface area contributed by atoms with Gasteiger partial charge in [-0.15, -0.1) is 0 Å². The first-order chi connectivity index (χ1) is 19.2. The highest BCUT2D eigenvalue weighted by Crippen LogP contribution is 2.33. The molecule has 1 heterocycles. The molecule has 214 valence electrons. The van der Waals surface area contributed by atoms with Crippen molar-refractivity contribution in [1.82, 2.24) is 15.3 Å². The summed E-state index contributed by atoms with van der Waals surface area (Å²) >= 11 is 0. The molecule has 3 aromatic carbocycles. The molecular weight excluding hydrogens is 559 g/mol. The summed E-state index contributed by atoms with van der Waals surface area (Å²) < 4.78 is 95.1. The Morgan fingerprint density at radius 2 is 1.44 bits per heavy atom. The summed E-state index contributed by atoms with van der Waals surface area (Å²) in [6.07, 6.45) is -6.40. The fourth-order valence-electron chi connectivity index (χ4n) is 4.05. The molecule has 0 fully saturated rings. The molecule has 1 amide bonds. The van der Waals surface area contributed by atoms with Crippen molar-refractivity contribution in [2.24, 2.45) is 0 Å². The van der Waals surface area contributed by atoms with E-state index in [2.05, 4.69) is 9.97 Å². The number of amides is 1. The van der Waals surface area contributed by atoms with E-state index in [0.29, 0.717) is 5.56 Å². The number of aliphatic carboxylic acids is 1. The summed E-state index contributed by atoms with van der Waals surface area (Å²) in [6.45, 7) is 0. The monoisotopic (exact) mass is 579 g/mol. The molecule has 13 heteroatoms. The van der Waals surface area contributed by atoms with E-state index in [1.165, 1.54) is 30.3 Å². The molecule has 1 atom stereocenters. The Kier molecular flexibility index (Phi) is 8.27. The number of carboxylic acid groups (broad SMARTS) is 1. The van der Waals surface area contributed by atoms with E-state index >= 15 is 0 Å². The molecule has 0 bridgehead atoms. The molecule has 0 aliphatic carbocycles. The molecule has 1 unspecified atom stereocenters. The van der Waals surface area contributed by atoms with Crippen molar-refractivity contribution >= 4 is 22.9 Å². The predicted molar refractivity (Wildman–Crippen MR) is 133 cm³/mol. The molecule has 41 heavy (non-hydrogen) atoms. The number of carbonyl (C=O) groups excluding carboxylic acids is 1. The van der Waals surface area contributed by atoms with Gasteiger partial charge in [0.1, 0.15) is 11.6 Å². The van der Waals surface area contributed by atoms with Crippen LogP contribution in [0, 0.1) is 11.6 Å². The van der Waals surface area contributed by atoms with Crippen molar-refractivity contribution in [2.75, 3.05) is 0 Å². The summed E-state index contributed by atoms with van der Waals surface area (Å²) in [6, 6.07) is 9.79. The second kappa shape index (κ2) is 11.5. The van der Waals surface area contributed by atoms with Crippen LogP contribution in [0.5, 0.6) is 0 Å². The number of alkyl halides is 5. The zero-order chi connectivity index (χ0) is 29.9. The molecule has 1 aromatic heterocycles. The molecule has 0 saturated heterocycles. The minimum Gasteiger partial charge on any atom is -0.477 e. The third kappa shape index (κ3) is 6.97. The van der Waals surface area contributed by atoms with Gasteiger partial charge < -0.3 is 10.4 Å². The third-order valence-electron chi connectivity index (χ3n) is 6.14. The van der Waals surface area contributed by atoms with E-state index in [9.17, 15) is 40.3 Å². The Hall–Kier alpha value is -4.55. The van der Waals surface area contributed by atoms with Crippen LogP contribution in [0.3, 0.4) is 0 Å². The highest BCUT2D eigenvalue weighted by Gasteiger charge is 2.42. The van der Waals surface area contributed by atoms with Gasteiger partial charge in [-0.2, -0.15) is 22.0 Å². The lowest BCUT2D eigenvalue weighted by molar-refractivity contribution is -0.165. The quantitative estimate of drug-likeness (QED) is 0.217. The van der Waals surface area contributed by atoms with Crippen molar-refractivity contribution in [2.45, 2.75) is 37.4 Å². The van der Waals surface area contributed by atoms with Crippen molar-refractivity contribution in [3.05, 3.63) is 95.2 Å². The molecule has 4 rings (SSSR count). The molecule has 2 N–H and O–H groups in total. The first-order valence-electron chi connectivity index (χ1n) is 12.1. The molecule has 6 nitrogen and oxygen atoms in total. The summed E-state index contributed by atoms with van der Waals surface area (Å²) in [5.41, 5.74) is 0.345. The Morgan fingerprint density at radius 1 is 0.829 bits per heavy atom. The number of fused-ring (bicyclic) bond motifs is 1. The SMILES string of the molecule is O=C(NC(c1ccc(F)cc1)C(F)(F)F)c1ccc2nc(-c3ccc(F)cc3)c(CCCC(F)(F)C(=O)O)nc2c1. The van der Waals surface area contributed by atoms with Gasteiger partial charge in [-0.1, -0.05) is 12.1 Å². The zero-order valence-electron chi connectivity index (χ0n) is 20.9. The standard InChI is InChI=1S/C28H20F7N3O3/c29-18-8-3-15(4-9-18)23-21(2-1-13-27(31,32)26(40)41)36-22-14-17(7-12-20(22)37-23)25(39)38-24(28(33,34)35)16-5-10-19(30)11-6-16/h3-12,14,24H,1-2,13H2,(H,38,39)(H,40,41). The van der Waals surface area contributed by atoms with Crippen molar-refractivity contribution in [3.8, 4) is 11.3 Å². The summed E-state index contributed by atoms with van der Waals surface area (Å²) in [5.74, 6) is -8.68. The Morgan fingerprint density at radius 3 is 2.02 bits per heavy atom. The maximum absolute atomic E-state index is 13.7. The van der Waals surface area contributed by atoms with E-state index in [-0.39, 0.29) is 40.8 Å². The fourth-order valence-corrected chi connectivity index (χ4v) is 4.05. The molecule has 4 aromatic rings. The van der Waals surface area contributed by atoms with E-state index in [0.717, 1.165) is 36.4 Å². The molecule has 0 saturated carbocycles. The van der Waals surface area contributed by atoms with Crippen LogP contribution in [0.2, 0.25) is 0 Å². The number of carboxylic acids is 1. The number of carbonyl (C=O) groups is 2. The van der Waals surface area contributed by atoms with Gasteiger partial charge in [0.15, 0.2) is 6.04 Å². The highest BCUT2D eigenvalue weighted by molar-refractivity contribution is 5.97. The largest absolute Gasteiger partial charge is 0.477 e. The zero-order valence-corrected chi connectivity index (χ0v) is 20.9. The molecular formula is C28H20F7N3O3. The second-order valence-electron chi connectivity index (χ2n) is 9.09. The minimum atomic E-state index is -4.90. The molecule has 0 radical (unpaired) electrons. The number of halogens is 7. The first-order valence-corrected chi connectivity index (χ1v) is 12.1. The van der Waals surface area contributed by atoms with Gasteiger partial charge in [0, 0.05) is 17.5 Å². The van der Waals surface area contributed by atoms with Gasteiger partial charge in [0.25, 0.3) is 5.91 Å². The first kappa shape index (κ1) is 29.4. The number of aryl methyl sites for hydroxylation is 1. The lowest BCUT2D eigenvalue weighted by Gasteiger charge is -2.22. The van der Waals surface area contributed by atoms with E-state index in [4.69, 9.17) is 5.11 Å². The van der Waals surface area contributed by atoms with Crippen molar-refractivity contribution in [1.29, 1.82) is 0 Å². The smallest absolute Gasteiger partial charge is 0.412 e. The number of hydrogen-bond donors (Lipinski definition) is 2. The third-order valence-corrected chi connectivity index (χ3v) is 6.14. The maximum Gasteiger partial charge on any atom is 0.412 e. The predicted octanol–water partition coefficient (Wildman–Crippen LogP) is 6.65. The Balaban J connectivity index is 1.68. The second-order valence-corrected chi connectivity index (χ2v) is 9.09. The van der Waals surface area contributed by atoms with Crippen LogP contribution in [-0.2, 0) is 11.2 Å². The van der Waals surface area contributed by atoms with E-state index in [1.807, 2.05) is 5.32 Å². The van der Waals surface area contributed by atoms with Gasteiger partial charge in [0.2, 0.25) is 0 Å². The fraction of sp³-hybridized carbons (Fsp3) is 0.214. The topological polar surface area (TPSA) is 92.2 Å². The number of hydrogen-bond acceptors (Lipinski definition) is 4. The van der Waals surface area contributed by atoms with Crippen LogP contribution in [0.15, 0.2) is 66.7 Å². The van der Waals surface area contributed by atoms with Crippen molar-refractivity contribution in [3.63, 3.8) is 0 Å². The van der Waals surface area contributed by atoms with E-state index in [1.54, 1.807) is 0 Å². The minimum absolute atomic E-state index is 0.0499. The Bertz CT molecular complexity index is 1570. The number of aromatic nitrogens is 2. The summed E-state index contributed by atoms with van der Waals surface area (Å²) in [7, 11) is 0. The van der Waals surface area contributed by atoms with Gasteiger partial charge in [0.05, 0.1) is 22.4 Å². The molecule has 0 aliphatic rings. The average Bonchev–Trinajstić information content (AvgIpc) is 2.91. The van der Waals surface area contributed by atoms with Gasteiger partial charge >= 0.3 is 18.1 Å². The molecule has 0 spiro atoms. The van der Waals surface area contributed by atoms with Gasteiger partial charge in [-0.05, 0) is 73.0 Å². The van der Waals surface area contributed by atoms with Crippen LogP contribution in [0.4, 0.5) is 30.7 Å². The van der Waals surface area contributed by atoms with Crippen LogP contribution in [0.1, 0.15) is 40.5 Å². The van der Waals surface area contributed by atoms with Gasteiger partial charge in [-0.25, -0.2) is 23.5 Å². The van der Waals surface area contributed by atoms with Crippen LogP contribution in [0.25, 0.3) is 22.3 Å².